The number of hydrogen-bond acceptors (Lipinski definition) is 2. The van der Waals surface area contributed by atoms with E-state index in [1.807, 2.05) is 6.07 Å². The summed E-state index contributed by atoms with van der Waals surface area (Å²) in [6.07, 6.45) is 3.71. The van der Waals surface area contributed by atoms with Gasteiger partial charge in [-0.05, 0) is 17.9 Å². The quantitative estimate of drug-likeness (QED) is 0.609. The molecule has 2 aliphatic rings. The van der Waals surface area contributed by atoms with Crippen molar-refractivity contribution in [3.8, 4) is 0 Å². The predicted molar refractivity (Wildman–Crippen MR) is 72.6 cm³/mol. The normalized spacial score (nSPS) is 33.9. The van der Waals surface area contributed by atoms with Crippen LogP contribution in [0.3, 0.4) is 0 Å². The van der Waals surface area contributed by atoms with Gasteiger partial charge in [-0.1, -0.05) is 44.2 Å². The van der Waals surface area contributed by atoms with E-state index in [-0.39, 0.29) is 5.41 Å². The maximum atomic E-state index is 12.2. The summed E-state index contributed by atoms with van der Waals surface area (Å²) < 4.78 is 1.16. The molecule has 96 valence electrons. The van der Waals surface area contributed by atoms with Crippen molar-refractivity contribution in [3.05, 3.63) is 41.1 Å². The van der Waals surface area contributed by atoms with Crippen molar-refractivity contribution in [2.24, 2.45) is 5.41 Å². The molecular formula is C15H20N2O. The Morgan fingerprint density at radius 3 is 2.61 bits per heavy atom. The average molecular weight is 244 g/mol. The fourth-order valence-electron chi connectivity index (χ4n) is 3.83. The van der Waals surface area contributed by atoms with Crippen LogP contribution in [0.2, 0.25) is 0 Å². The first kappa shape index (κ1) is 11.7. The smallest absolute Gasteiger partial charge is 0.232 e. The molecule has 0 saturated heterocycles. The summed E-state index contributed by atoms with van der Waals surface area (Å²) in [7, 11) is 0. The molecule has 0 aromatic heterocycles. The van der Waals surface area contributed by atoms with Gasteiger partial charge in [-0.25, -0.2) is 5.32 Å². The Morgan fingerprint density at radius 2 is 2.00 bits per heavy atom. The van der Waals surface area contributed by atoms with Crippen LogP contribution in [0.5, 0.6) is 0 Å². The predicted octanol–water partition coefficient (Wildman–Crippen LogP) is 2.47. The van der Waals surface area contributed by atoms with Gasteiger partial charge in [0, 0.05) is 6.42 Å². The van der Waals surface area contributed by atoms with E-state index < -0.39 is 5.66 Å². The molecule has 0 radical (unpaired) electrons. The van der Waals surface area contributed by atoms with E-state index in [1.165, 1.54) is 5.56 Å². The van der Waals surface area contributed by atoms with Crippen LogP contribution < -0.4 is 5.32 Å². The highest BCUT2D eigenvalue weighted by atomic mass is 16.5. The summed E-state index contributed by atoms with van der Waals surface area (Å²) in [5.74, 6) is 0.439. The Hall–Kier alpha value is -1.35. The summed E-state index contributed by atoms with van der Waals surface area (Å²) in [4.78, 5) is 0. The summed E-state index contributed by atoms with van der Waals surface area (Å²) in [5.41, 5.74) is 0.873. The van der Waals surface area contributed by atoms with Crippen LogP contribution >= 0.6 is 0 Å². The van der Waals surface area contributed by atoms with Crippen molar-refractivity contribution in [1.82, 2.24) is 5.32 Å². The molecule has 3 rings (SSSR count). The minimum Gasteiger partial charge on any atom is -0.623 e. The number of nitrogens with zero attached hydrogens (tertiary/aromatic N) is 1. The van der Waals surface area contributed by atoms with Gasteiger partial charge >= 0.3 is 0 Å². The standard InChI is InChI=1S/C15H20N2O/c1-14(2)13(12-6-4-3-5-7-12)8-9-15(14)16-10-11-17(15)18/h3-7,11,13,16H,8-10H2,1-2H3. The number of rotatable bonds is 1. The second kappa shape index (κ2) is 3.82. The van der Waals surface area contributed by atoms with Gasteiger partial charge in [-0.3, -0.25) is 0 Å². The lowest BCUT2D eigenvalue weighted by molar-refractivity contribution is -0.562. The second-order valence-electron chi connectivity index (χ2n) is 5.97. The van der Waals surface area contributed by atoms with E-state index in [9.17, 15) is 5.21 Å². The topological polar surface area (TPSA) is 38.1 Å². The van der Waals surface area contributed by atoms with Gasteiger partial charge in [0.05, 0.1) is 12.0 Å². The first-order valence-electron chi connectivity index (χ1n) is 6.68. The largest absolute Gasteiger partial charge is 0.623 e. The average Bonchev–Trinajstić information content (AvgIpc) is 2.85. The van der Waals surface area contributed by atoms with E-state index in [4.69, 9.17) is 0 Å². The van der Waals surface area contributed by atoms with Crippen LogP contribution in [-0.2, 0) is 0 Å². The van der Waals surface area contributed by atoms with Crippen molar-refractivity contribution >= 4 is 6.21 Å². The van der Waals surface area contributed by atoms with E-state index in [0.717, 1.165) is 17.6 Å². The van der Waals surface area contributed by atoms with Gasteiger partial charge in [0.15, 0.2) is 6.21 Å². The lowest BCUT2D eigenvalue weighted by Crippen LogP contribution is -2.56. The molecule has 1 heterocycles. The molecular weight excluding hydrogens is 224 g/mol. The van der Waals surface area contributed by atoms with Crippen LogP contribution in [0.1, 0.15) is 38.2 Å². The zero-order chi connectivity index (χ0) is 12.8. The third kappa shape index (κ3) is 1.37. The first-order chi connectivity index (χ1) is 8.58. The number of benzene rings is 1. The van der Waals surface area contributed by atoms with Crippen LogP contribution in [0.15, 0.2) is 30.3 Å². The van der Waals surface area contributed by atoms with Crippen molar-refractivity contribution in [2.45, 2.75) is 38.3 Å². The summed E-state index contributed by atoms with van der Waals surface area (Å²) >= 11 is 0. The Balaban J connectivity index is 2.00. The molecule has 2 atom stereocenters. The molecule has 3 nitrogen and oxygen atoms in total. The third-order valence-corrected chi connectivity index (χ3v) is 4.96. The lowest BCUT2D eigenvalue weighted by Gasteiger charge is -2.39. The van der Waals surface area contributed by atoms with Crippen LogP contribution in [0.4, 0.5) is 0 Å². The Morgan fingerprint density at radius 1 is 1.28 bits per heavy atom. The maximum absolute atomic E-state index is 12.2. The van der Waals surface area contributed by atoms with E-state index in [0.29, 0.717) is 12.5 Å². The fourth-order valence-corrected chi connectivity index (χ4v) is 3.83. The van der Waals surface area contributed by atoms with Gasteiger partial charge in [-0.15, -0.1) is 0 Å². The third-order valence-electron chi connectivity index (χ3n) is 4.96. The SMILES string of the molecule is CC1(C)C(c2ccccc2)CCC12NCC=[N+]2[O-]. The van der Waals surface area contributed by atoms with Crippen molar-refractivity contribution in [3.63, 3.8) is 0 Å². The molecule has 1 saturated carbocycles. The van der Waals surface area contributed by atoms with Gasteiger partial charge in [0.2, 0.25) is 5.66 Å². The van der Waals surface area contributed by atoms with Crippen LogP contribution in [0, 0.1) is 10.6 Å². The Kier molecular flexibility index (Phi) is 2.49. The van der Waals surface area contributed by atoms with Gasteiger partial charge in [0.1, 0.15) is 0 Å². The van der Waals surface area contributed by atoms with Crippen molar-refractivity contribution < 1.29 is 4.74 Å². The minimum absolute atomic E-state index is 0.0664. The zero-order valence-electron chi connectivity index (χ0n) is 11.0. The molecule has 1 spiro atoms. The van der Waals surface area contributed by atoms with E-state index >= 15 is 0 Å². The molecule has 1 fully saturated rings. The van der Waals surface area contributed by atoms with Crippen LogP contribution in [0.25, 0.3) is 0 Å². The maximum Gasteiger partial charge on any atom is 0.232 e. The van der Waals surface area contributed by atoms with Gasteiger partial charge < -0.3 is 5.21 Å². The lowest BCUT2D eigenvalue weighted by atomic mass is 9.72. The monoisotopic (exact) mass is 244 g/mol. The number of nitrogens with one attached hydrogen (secondary N) is 1. The van der Waals surface area contributed by atoms with E-state index in [1.54, 1.807) is 6.21 Å². The first-order valence-corrected chi connectivity index (χ1v) is 6.68. The van der Waals surface area contributed by atoms with Crippen molar-refractivity contribution in [1.29, 1.82) is 0 Å². The molecule has 1 N–H and O–H groups in total. The molecule has 3 heteroatoms. The molecule has 0 bridgehead atoms. The molecule has 1 aromatic carbocycles. The second-order valence-corrected chi connectivity index (χ2v) is 5.97. The molecule has 2 unspecified atom stereocenters. The van der Waals surface area contributed by atoms with Crippen molar-refractivity contribution in [2.75, 3.05) is 6.54 Å². The Labute approximate surface area is 108 Å². The van der Waals surface area contributed by atoms with E-state index in [2.05, 4.69) is 43.4 Å². The number of hydroxylamine groups is 1. The minimum atomic E-state index is -0.409. The highest BCUT2D eigenvalue weighted by molar-refractivity contribution is 5.56. The molecule has 1 aliphatic carbocycles. The van der Waals surface area contributed by atoms with Gasteiger partial charge in [-0.2, -0.15) is 4.74 Å². The molecule has 18 heavy (non-hydrogen) atoms. The summed E-state index contributed by atoms with van der Waals surface area (Å²) in [6, 6.07) is 10.6. The zero-order valence-corrected chi connectivity index (χ0v) is 11.0. The fraction of sp³-hybridized carbons (Fsp3) is 0.533. The highest BCUT2D eigenvalue weighted by Gasteiger charge is 2.62. The summed E-state index contributed by atoms with van der Waals surface area (Å²) in [6.45, 7) is 5.12. The highest BCUT2D eigenvalue weighted by Crippen LogP contribution is 2.55. The molecule has 0 amide bonds. The number of hydrogen-bond donors (Lipinski definition) is 1. The Bertz CT molecular complexity index is 481. The molecule has 1 aliphatic heterocycles. The molecule has 1 aromatic rings. The summed E-state index contributed by atoms with van der Waals surface area (Å²) in [5, 5.41) is 15.6. The van der Waals surface area contributed by atoms with Crippen LogP contribution in [-0.4, -0.2) is 23.2 Å². The van der Waals surface area contributed by atoms with Gasteiger partial charge in [0.25, 0.3) is 0 Å².